The molecule has 5 rings (SSSR count). The van der Waals surface area contributed by atoms with Crippen LogP contribution in [0.5, 0.6) is 0 Å². The van der Waals surface area contributed by atoms with Crippen molar-refractivity contribution in [3.8, 4) is 0 Å². The number of ether oxygens (including phenoxy) is 1. The summed E-state index contributed by atoms with van der Waals surface area (Å²) in [6.07, 6.45) is 1.94. The fourth-order valence-corrected chi connectivity index (χ4v) is 5.25. The molecule has 1 atom stereocenters. The number of nitrogens with one attached hydrogen (secondary N) is 2. The number of rotatable bonds is 6. The van der Waals surface area contributed by atoms with Crippen LogP contribution >= 0.6 is 23.2 Å². The molecule has 1 fully saturated rings. The molecule has 0 aliphatic carbocycles. The van der Waals surface area contributed by atoms with E-state index >= 15 is 0 Å². The number of ketones is 1. The van der Waals surface area contributed by atoms with Crippen molar-refractivity contribution in [2.75, 3.05) is 16.8 Å². The number of aliphatic hydroxyl groups excluding tert-OH is 1. The predicted molar refractivity (Wildman–Crippen MR) is 155 cm³/mol. The van der Waals surface area contributed by atoms with Crippen LogP contribution in [0.15, 0.2) is 84.5 Å². The van der Waals surface area contributed by atoms with Crippen molar-refractivity contribution in [3.63, 3.8) is 0 Å². The lowest BCUT2D eigenvalue weighted by Crippen LogP contribution is -2.48. The van der Waals surface area contributed by atoms with Crippen LogP contribution in [0.25, 0.3) is 5.76 Å². The van der Waals surface area contributed by atoms with Crippen LogP contribution in [-0.2, 0) is 34.2 Å². The zero-order chi connectivity index (χ0) is 30.2. The number of carbonyl (C=O) groups excluding carboxylic acids is 5. The van der Waals surface area contributed by atoms with Gasteiger partial charge in [0.15, 0.2) is 5.54 Å². The lowest BCUT2D eigenvalue weighted by atomic mass is 9.83. The van der Waals surface area contributed by atoms with Crippen molar-refractivity contribution in [2.24, 2.45) is 0 Å². The molecule has 212 valence electrons. The monoisotopic (exact) mass is 605 g/mol. The third-order valence-corrected chi connectivity index (χ3v) is 7.07. The maximum atomic E-state index is 14.3. The van der Waals surface area contributed by atoms with Gasteiger partial charge in [-0.3, -0.25) is 24.1 Å². The van der Waals surface area contributed by atoms with E-state index in [9.17, 15) is 29.1 Å². The lowest BCUT2D eigenvalue weighted by Gasteiger charge is -2.25. The standard InChI is InChI=1S/C30H21Cl2N3O7/c1-2-42-24(37)12-11-23(36)33-19-7-3-5-16(13-19)26(38)25-27(39)28(40)34-30(25)21-10-9-18(32)15-22(21)35(29(30)41)20-8-4-6-17(31)14-20/h3-15,38H,2H2,1H3,(H,33,36)(H,34,40)/b12-11+,26-25?. The summed E-state index contributed by atoms with van der Waals surface area (Å²) in [5.74, 6) is -4.95. The Balaban J connectivity index is 1.61. The summed E-state index contributed by atoms with van der Waals surface area (Å²) in [6.45, 7) is 1.78. The summed E-state index contributed by atoms with van der Waals surface area (Å²) in [4.78, 5) is 65.5. The van der Waals surface area contributed by atoms with Gasteiger partial charge in [-0.05, 0) is 49.4 Å². The summed E-state index contributed by atoms with van der Waals surface area (Å²) in [5.41, 5.74) is -1.50. The highest BCUT2D eigenvalue weighted by atomic mass is 35.5. The number of nitrogens with zero attached hydrogens (tertiary/aromatic N) is 1. The number of halogens is 2. The number of hydrogen-bond donors (Lipinski definition) is 3. The second kappa shape index (κ2) is 11.2. The molecule has 10 nitrogen and oxygen atoms in total. The van der Waals surface area contributed by atoms with Crippen molar-refractivity contribution in [1.29, 1.82) is 0 Å². The van der Waals surface area contributed by atoms with Crippen LogP contribution in [0.2, 0.25) is 10.0 Å². The minimum Gasteiger partial charge on any atom is -0.507 e. The zero-order valence-corrected chi connectivity index (χ0v) is 23.3. The maximum absolute atomic E-state index is 14.3. The smallest absolute Gasteiger partial charge is 0.330 e. The Bertz CT molecular complexity index is 1750. The van der Waals surface area contributed by atoms with Crippen molar-refractivity contribution in [3.05, 3.63) is 106 Å². The van der Waals surface area contributed by atoms with Gasteiger partial charge >= 0.3 is 5.97 Å². The Morgan fingerprint density at radius 3 is 2.48 bits per heavy atom. The molecule has 1 unspecified atom stereocenters. The van der Waals surface area contributed by atoms with Crippen molar-refractivity contribution in [1.82, 2.24) is 5.32 Å². The fraction of sp³-hybridized carbons (Fsp3) is 0.100. The molecule has 0 radical (unpaired) electrons. The molecule has 3 aromatic carbocycles. The van der Waals surface area contributed by atoms with E-state index in [0.717, 1.165) is 12.2 Å². The van der Waals surface area contributed by atoms with Gasteiger partial charge in [-0.2, -0.15) is 0 Å². The van der Waals surface area contributed by atoms with E-state index in [2.05, 4.69) is 10.6 Å². The number of aliphatic hydroxyl groups is 1. The molecule has 1 spiro atoms. The molecule has 0 aromatic heterocycles. The molecule has 1 saturated heterocycles. The largest absolute Gasteiger partial charge is 0.507 e. The van der Waals surface area contributed by atoms with Crippen molar-refractivity contribution >= 4 is 75.5 Å². The normalized spacial score (nSPS) is 18.8. The van der Waals surface area contributed by atoms with E-state index in [1.807, 2.05) is 0 Å². The quantitative estimate of drug-likeness (QED) is 0.161. The second-order valence-electron chi connectivity index (χ2n) is 9.19. The Morgan fingerprint density at radius 1 is 1.00 bits per heavy atom. The van der Waals surface area contributed by atoms with Gasteiger partial charge in [0.2, 0.25) is 5.91 Å². The van der Waals surface area contributed by atoms with Gasteiger partial charge in [-0.25, -0.2) is 4.79 Å². The van der Waals surface area contributed by atoms with Gasteiger partial charge < -0.3 is 20.5 Å². The Morgan fingerprint density at radius 2 is 1.74 bits per heavy atom. The number of esters is 1. The molecule has 2 aliphatic rings. The molecule has 2 heterocycles. The highest BCUT2D eigenvalue weighted by Gasteiger charge is 2.63. The predicted octanol–water partition coefficient (Wildman–Crippen LogP) is 4.59. The summed E-state index contributed by atoms with van der Waals surface area (Å²) >= 11 is 12.5. The topological polar surface area (TPSA) is 142 Å². The van der Waals surface area contributed by atoms with Crippen LogP contribution in [0.4, 0.5) is 17.1 Å². The molecule has 0 bridgehead atoms. The van der Waals surface area contributed by atoms with Crippen LogP contribution in [-0.4, -0.2) is 41.2 Å². The Labute approximate surface area is 249 Å². The number of benzene rings is 3. The van der Waals surface area contributed by atoms with Gasteiger partial charge in [0.1, 0.15) is 5.76 Å². The zero-order valence-electron chi connectivity index (χ0n) is 21.8. The summed E-state index contributed by atoms with van der Waals surface area (Å²) in [6, 6.07) is 16.7. The lowest BCUT2D eigenvalue weighted by molar-refractivity contribution is -0.137. The fourth-order valence-electron chi connectivity index (χ4n) is 4.90. The van der Waals surface area contributed by atoms with Crippen LogP contribution in [0, 0.1) is 0 Å². The third-order valence-electron chi connectivity index (χ3n) is 6.60. The number of hydrogen-bond acceptors (Lipinski definition) is 7. The average Bonchev–Trinajstić information content (AvgIpc) is 3.35. The molecule has 0 saturated carbocycles. The number of amides is 3. The summed E-state index contributed by atoms with van der Waals surface area (Å²) in [5, 5.41) is 17.2. The van der Waals surface area contributed by atoms with Gasteiger partial charge in [0.05, 0.1) is 23.6 Å². The first-order valence-electron chi connectivity index (χ1n) is 12.5. The van der Waals surface area contributed by atoms with Crippen LogP contribution in [0.1, 0.15) is 18.1 Å². The Hall–Kier alpha value is -4.93. The minimum atomic E-state index is -2.08. The van der Waals surface area contributed by atoms with E-state index < -0.39 is 46.3 Å². The van der Waals surface area contributed by atoms with Crippen LogP contribution < -0.4 is 15.5 Å². The molecule has 2 aliphatic heterocycles. The molecular weight excluding hydrogens is 585 g/mol. The maximum Gasteiger partial charge on any atom is 0.330 e. The summed E-state index contributed by atoms with van der Waals surface area (Å²) in [7, 11) is 0. The van der Waals surface area contributed by atoms with E-state index in [1.165, 1.54) is 53.4 Å². The Kier molecular flexibility index (Phi) is 7.59. The second-order valence-corrected chi connectivity index (χ2v) is 10.1. The molecule has 3 N–H and O–H groups in total. The van der Waals surface area contributed by atoms with E-state index in [0.29, 0.717) is 10.7 Å². The van der Waals surface area contributed by atoms with Crippen molar-refractivity contribution < 1.29 is 33.8 Å². The molecule has 42 heavy (non-hydrogen) atoms. The molecule has 3 aromatic rings. The van der Waals surface area contributed by atoms with E-state index in [1.54, 1.807) is 25.1 Å². The number of carbonyl (C=O) groups is 5. The van der Waals surface area contributed by atoms with Crippen LogP contribution in [0.3, 0.4) is 0 Å². The first-order chi connectivity index (χ1) is 20.1. The highest BCUT2D eigenvalue weighted by molar-refractivity contribution is 6.50. The molecular formula is C30H21Cl2N3O7. The van der Waals surface area contributed by atoms with E-state index in [-0.39, 0.29) is 34.1 Å². The van der Waals surface area contributed by atoms with Crippen molar-refractivity contribution in [2.45, 2.75) is 12.5 Å². The molecule has 12 heteroatoms. The van der Waals surface area contributed by atoms with Gasteiger partial charge in [-0.15, -0.1) is 0 Å². The third kappa shape index (κ3) is 4.91. The minimum absolute atomic E-state index is 0.0333. The van der Waals surface area contributed by atoms with Gasteiger partial charge in [0, 0.05) is 39.0 Å². The first-order valence-corrected chi connectivity index (χ1v) is 13.3. The average molecular weight is 606 g/mol. The SMILES string of the molecule is CCOC(=O)/C=C/C(=O)Nc1cccc(C(O)=C2C(=O)C(=O)NC23C(=O)N(c2cccc(Cl)c2)c2cc(Cl)ccc23)c1. The van der Waals surface area contributed by atoms with Gasteiger partial charge in [0.25, 0.3) is 17.6 Å². The number of Topliss-reactive ketones (excluding diaryl/α,β-unsaturated/α-hetero) is 1. The first kappa shape index (κ1) is 28.6. The molecule has 3 amide bonds. The van der Waals surface area contributed by atoms with E-state index in [4.69, 9.17) is 27.9 Å². The van der Waals surface area contributed by atoms with Gasteiger partial charge in [-0.1, -0.05) is 47.5 Å². The number of anilines is 3. The highest BCUT2D eigenvalue weighted by Crippen LogP contribution is 2.52. The summed E-state index contributed by atoms with van der Waals surface area (Å²) < 4.78 is 4.74. The number of fused-ring (bicyclic) bond motifs is 2.